The van der Waals surface area contributed by atoms with Crippen LogP contribution in [0.15, 0.2) is 18.2 Å². The van der Waals surface area contributed by atoms with E-state index in [-0.39, 0.29) is 11.3 Å². The molecule has 0 bridgehead atoms. The molecule has 1 atom stereocenters. The number of nitrogens with one attached hydrogen (secondary N) is 2. The molecule has 8 heteroatoms. The van der Waals surface area contributed by atoms with E-state index in [9.17, 15) is 14.9 Å². The Morgan fingerprint density at radius 2 is 2.30 bits per heavy atom. The zero-order valence-electron chi connectivity index (χ0n) is 11.0. The summed E-state index contributed by atoms with van der Waals surface area (Å²) in [5, 5.41) is 13.8. The van der Waals surface area contributed by atoms with Crippen LogP contribution in [0, 0.1) is 10.1 Å². The molecule has 1 fully saturated rings. The lowest BCUT2D eigenvalue weighted by molar-refractivity contribution is -0.385. The van der Waals surface area contributed by atoms with Gasteiger partial charge in [0, 0.05) is 18.4 Å². The molecule has 0 saturated carbocycles. The number of benzene rings is 1. The molecule has 0 aromatic heterocycles. The molecule has 20 heavy (non-hydrogen) atoms. The third kappa shape index (κ3) is 2.86. The number of carbonyl (C=O) groups excluding carboxylic acids is 1. The van der Waals surface area contributed by atoms with Crippen molar-refractivity contribution < 1.29 is 14.5 Å². The highest BCUT2D eigenvalue weighted by Crippen LogP contribution is 2.24. The van der Waals surface area contributed by atoms with Crippen molar-refractivity contribution >= 4 is 17.3 Å². The molecular weight excluding hydrogens is 264 g/mol. The van der Waals surface area contributed by atoms with Crippen molar-refractivity contribution in [2.75, 3.05) is 18.6 Å². The summed E-state index contributed by atoms with van der Waals surface area (Å²) in [7, 11) is 0. The number of anilines is 1. The molecule has 0 radical (unpaired) electrons. The van der Waals surface area contributed by atoms with Gasteiger partial charge in [-0.05, 0) is 25.5 Å². The van der Waals surface area contributed by atoms with Crippen LogP contribution in [-0.2, 0) is 4.74 Å². The van der Waals surface area contributed by atoms with Crippen LogP contribution < -0.4 is 16.6 Å². The summed E-state index contributed by atoms with van der Waals surface area (Å²) in [6.45, 7) is 2.79. The lowest BCUT2D eigenvalue weighted by Gasteiger charge is -2.23. The van der Waals surface area contributed by atoms with Gasteiger partial charge in [-0.25, -0.2) is 0 Å². The Hall–Kier alpha value is -2.19. The van der Waals surface area contributed by atoms with Crippen molar-refractivity contribution in [1.29, 1.82) is 0 Å². The monoisotopic (exact) mass is 280 g/mol. The van der Waals surface area contributed by atoms with Gasteiger partial charge < -0.3 is 15.5 Å². The molecule has 1 aromatic rings. The topological polar surface area (TPSA) is 120 Å². The van der Waals surface area contributed by atoms with Crippen molar-refractivity contribution in [2.24, 2.45) is 5.84 Å². The third-order valence-electron chi connectivity index (χ3n) is 3.24. The number of hydrazine groups is 1. The summed E-state index contributed by atoms with van der Waals surface area (Å²) in [6.07, 6.45) is 0.668. The van der Waals surface area contributed by atoms with Crippen LogP contribution in [0.3, 0.4) is 0 Å². The largest absolute Gasteiger partial charge is 0.379 e. The second-order valence-electron chi connectivity index (χ2n) is 4.95. The Morgan fingerprint density at radius 3 is 2.85 bits per heavy atom. The molecule has 1 aromatic carbocycles. The van der Waals surface area contributed by atoms with Gasteiger partial charge in [-0.15, -0.1) is 0 Å². The molecule has 1 aliphatic heterocycles. The zero-order valence-corrected chi connectivity index (χ0v) is 11.0. The minimum atomic E-state index is -0.595. The first-order valence-corrected chi connectivity index (χ1v) is 6.10. The predicted molar refractivity (Wildman–Crippen MR) is 72.2 cm³/mol. The van der Waals surface area contributed by atoms with Gasteiger partial charge in [0.15, 0.2) is 0 Å². The minimum absolute atomic E-state index is 0.0291. The second-order valence-corrected chi connectivity index (χ2v) is 4.95. The van der Waals surface area contributed by atoms with Crippen LogP contribution in [0.4, 0.5) is 11.4 Å². The molecule has 8 nitrogen and oxygen atoms in total. The van der Waals surface area contributed by atoms with Crippen molar-refractivity contribution in [2.45, 2.75) is 18.9 Å². The summed E-state index contributed by atoms with van der Waals surface area (Å²) in [5.74, 6) is 4.75. The fraction of sp³-hybridized carbons (Fsp3) is 0.417. The van der Waals surface area contributed by atoms with E-state index in [0.29, 0.717) is 25.3 Å². The van der Waals surface area contributed by atoms with Crippen LogP contribution in [0.5, 0.6) is 0 Å². The zero-order chi connectivity index (χ0) is 14.8. The summed E-state index contributed by atoms with van der Waals surface area (Å²) in [4.78, 5) is 22.7. The van der Waals surface area contributed by atoms with Crippen molar-refractivity contribution in [3.8, 4) is 0 Å². The van der Waals surface area contributed by atoms with Gasteiger partial charge in [0.25, 0.3) is 11.6 Å². The summed E-state index contributed by atoms with van der Waals surface area (Å²) in [6, 6.07) is 4.04. The number of hydrogen-bond acceptors (Lipinski definition) is 6. The van der Waals surface area contributed by atoms with E-state index in [1.54, 1.807) is 0 Å². The highest BCUT2D eigenvalue weighted by molar-refractivity contribution is 5.99. The van der Waals surface area contributed by atoms with Gasteiger partial charge in [-0.3, -0.25) is 20.8 Å². The Bertz CT molecular complexity index is 540. The molecule has 1 saturated heterocycles. The fourth-order valence-corrected chi connectivity index (χ4v) is 2.07. The molecule has 0 aliphatic carbocycles. The molecule has 1 amide bonds. The van der Waals surface area contributed by atoms with E-state index in [1.807, 2.05) is 6.92 Å². The molecule has 1 heterocycles. The third-order valence-corrected chi connectivity index (χ3v) is 3.24. The van der Waals surface area contributed by atoms with Gasteiger partial charge in [0.05, 0.1) is 17.1 Å². The summed E-state index contributed by atoms with van der Waals surface area (Å²) < 4.78 is 5.24. The molecule has 108 valence electrons. The maximum absolute atomic E-state index is 12.3. The van der Waals surface area contributed by atoms with Gasteiger partial charge in [-0.1, -0.05) is 0 Å². The standard InChI is InChI=1S/C12H16N4O4/c1-12(4-5-20-7-12)14-11(17)9-6-8(15-13)2-3-10(9)16(18)19/h2-3,6,15H,4-5,7,13H2,1H3,(H,14,17). The fourth-order valence-electron chi connectivity index (χ4n) is 2.07. The van der Waals surface area contributed by atoms with Gasteiger partial charge in [0.2, 0.25) is 0 Å². The average Bonchev–Trinajstić information content (AvgIpc) is 2.84. The first-order valence-electron chi connectivity index (χ1n) is 6.10. The number of nitrogens with two attached hydrogens (primary N) is 1. The second kappa shape index (κ2) is 5.43. The average molecular weight is 280 g/mol. The van der Waals surface area contributed by atoms with Crippen LogP contribution in [-0.4, -0.2) is 29.6 Å². The van der Waals surface area contributed by atoms with E-state index in [4.69, 9.17) is 10.6 Å². The number of ether oxygens (including phenoxy) is 1. The SMILES string of the molecule is CC1(NC(=O)c2cc(NN)ccc2[N+](=O)[O-])CCOC1. The van der Waals surface area contributed by atoms with Crippen LogP contribution >= 0.6 is 0 Å². The van der Waals surface area contributed by atoms with Crippen molar-refractivity contribution in [3.63, 3.8) is 0 Å². The number of hydrogen-bond donors (Lipinski definition) is 3. The van der Waals surface area contributed by atoms with Gasteiger partial charge in [0.1, 0.15) is 5.56 Å². The first-order chi connectivity index (χ1) is 9.45. The molecule has 1 unspecified atom stereocenters. The molecule has 1 aliphatic rings. The van der Waals surface area contributed by atoms with Crippen LogP contribution in [0.2, 0.25) is 0 Å². The van der Waals surface area contributed by atoms with E-state index in [0.717, 1.165) is 0 Å². The van der Waals surface area contributed by atoms with E-state index in [2.05, 4.69) is 10.7 Å². The Kier molecular flexibility index (Phi) is 3.86. The first kappa shape index (κ1) is 14.2. The van der Waals surface area contributed by atoms with E-state index < -0.39 is 16.4 Å². The normalized spacial score (nSPS) is 21.5. The minimum Gasteiger partial charge on any atom is -0.379 e. The van der Waals surface area contributed by atoms with E-state index in [1.165, 1.54) is 18.2 Å². The molecular formula is C12H16N4O4. The number of nitro groups is 1. The number of amides is 1. The van der Waals surface area contributed by atoms with E-state index >= 15 is 0 Å². The molecule has 2 rings (SSSR count). The number of nitrogens with zero attached hydrogens (tertiary/aromatic N) is 1. The van der Waals surface area contributed by atoms with Crippen molar-refractivity contribution in [3.05, 3.63) is 33.9 Å². The number of nitro benzene ring substituents is 1. The van der Waals surface area contributed by atoms with Gasteiger partial charge >= 0.3 is 0 Å². The molecule has 4 N–H and O–H groups in total. The highest BCUT2D eigenvalue weighted by Gasteiger charge is 2.33. The van der Waals surface area contributed by atoms with Crippen LogP contribution in [0.25, 0.3) is 0 Å². The number of carbonyl (C=O) groups is 1. The lowest BCUT2D eigenvalue weighted by Crippen LogP contribution is -2.46. The number of nitrogen functional groups attached to an aromatic ring is 1. The maximum Gasteiger partial charge on any atom is 0.282 e. The van der Waals surface area contributed by atoms with Crippen LogP contribution in [0.1, 0.15) is 23.7 Å². The maximum atomic E-state index is 12.3. The lowest BCUT2D eigenvalue weighted by atomic mass is 10.0. The number of rotatable bonds is 4. The quantitative estimate of drug-likeness (QED) is 0.426. The summed E-state index contributed by atoms with van der Waals surface area (Å²) >= 11 is 0. The smallest absolute Gasteiger partial charge is 0.282 e. The Morgan fingerprint density at radius 1 is 1.55 bits per heavy atom. The van der Waals surface area contributed by atoms with Crippen molar-refractivity contribution in [1.82, 2.24) is 5.32 Å². The summed E-state index contributed by atoms with van der Waals surface area (Å²) in [5.41, 5.74) is 2.00. The Balaban J connectivity index is 2.29. The Labute approximate surface area is 115 Å². The van der Waals surface area contributed by atoms with Gasteiger partial charge in [-0.2, -0.15) is 0 Å². The predicted octanol–water partition coefficient (Wildman–Crippen LogP) is 0.789. The highest BCUT2D eigenvalue weighted by atomic mass is 16.6. The molecule has 0 spiro atoms.